The van der Waals surface area contributed by atoms with E-state index in [1.54, 1.807) is 18.2 Å². The van der Waals surface area contributed by atoms with Gasteiger partial charge in [0.05, 0.1) is 0 Å². The molecule has 0 aliphatic rings. The summed E-state index contributed by atoms with van der Waals surface area (Å²) in [5, 5.41) is 0.493. The van der Waals surface area contributed by atoms with Crippen LogP contribution in [0.25, 0.3) is 0 Å². The van der Waals surface area contributed by atoms with E-state index < -0.39 is 5.82 Å². The zero-order valence-corrected chi connectivity index (χ0v) is 13.0. The molecular weight excluding hydrogens is 382 g/mol. The van der Waals surface area contributed by atoms with Crippen LogP contribution in [0.2, 0.25) is 0 Å². The molecule has 2 rings (SSSR count). The molecule has 0 aromatic heterocycles. The molecule has 100 valence electrons. The molecule has 0 fully saturated rings. The molecule has 0 spiro atoms. The molecule has 0 radical (unpaired) electrons. The third-order valence-corrected chi connectivity index (χ3v) is 3.56. The van der Waals surface area contributed by atoms with Gasteiger partial charge < -0.3 is 4.74 Å². The number of alkyl halides is 1. The molecule has 0 N–H and O–H groups in total. The van der Waals surface area contributed by atoms with Crippen molar-refractivity contribution in [2.24, 2.45) is 0 Å². The Morgan fingerprint density at radius 3 is 2.58 bits per heavy atom. The van der Waals surface area contributed by atoms with Crippen molar-refractivity contribution in [1.82, 2.24) is 0 Å². The molecule has 0 saturated heterocycles. The van der Waals surface area contributed by atoms with Crippen LogP contribution < -0.4 is 4.74 Å². The second-order valence-electron chi connectivity index (χ2n) is 3.93. The lowest BCUT2D eigenvalue weighted by Crippen LogP contribution is -2.00. The first kappa shape index (κ1) is 14.5. The Labute approximate surface area is 126 Å². The third kappa shape index (κ3) is 3.76. The van der Waals surface area contributed by atoms with Crippen LogP contribution in [0, 0.1) is 11.6 Å². The standard InChI is InChI=1S/C14H10Br2F2O/c15-7-10-2-1-3-13(18)14(10)19-8-9-4-11(16)6-12(17)5-9/h1-6H,7-8H2. The average Bonchev–Trinajstić information content (AvgIpc) is 2.36. The number of hydrogen-bond donors (Lipinski definition) is 0. The number of hydrogen-bond acceptors (Lipinski definition) is 1. The maximum atomic E-state index is 13.7. The van der Waals surface area contributed by atoms with Gasteiger partial charge in [0, 0.05) is 15.4 Å². The second-order valence-corrected chi connectivity index (χ2v) is 5.40. The minimum atomic E-state index is -0.424. The lowest BCUT2D eigenvalue weighted by molar-refractivity contribution is 0.287. The summed E-state index contributed by atoms with van der Waals surface area (Å²) in [6, 6.07) is 9.18. The summed E-state index contributed by atoms with van der Waals surface area (Å²) in [6.07, 6.45) is 0. The maximum Gasteiger partial charge on any atom is 0.165 e. The minimum Gasteiger partial charge on any atom is -0.486 e. The first-order chi connectivity index (χ1) is 9.10. The molecule has 0 bridgehead atoms. The first-order valence-corrected chi connectivity index (χ1v) is 7.42. The Bertz CT molecular complexity index is 567. The summed E-state index contributed by atoms with van der Waals surface area (Å²) in [5.74, 6) is -0.589. The molecule has 2 aromatic carbocycles. The van der Waals surface area contributed by atoms with Crippen LogP contribution in [0.4, 0.5) is 8.78 Å². The molecule has 1 nitrogen and oxygen atoms in total. The Kier molecular flexibility index (Phi) is 4.93. The van der Waals surface area contributed by atoms with Crippen LogP contribution in [0.15, 0.2) is 40.9 Å². The largest absolute Gasteiger partial charge is 0.486 e. The van der Waals surface area contributed by atoms with Crippen molar-refractivity contribution in [1.29, 1.82) is 0 Å². The summed E-state index contributed by atoms with van der Waals surface area (Å²) < 4.78 is 33.0. The van der Waals surface area contributed by atoms with E-state index in [0.29, 0.717) is 15.4 Å². The van der Waals surface area contributed by atoms with Gasteiger partial charge in [-0.05, 0) is 29.8 Å². The fourth-order valence-electron chi connectivity index (χ4n) is 1.67. The molecule has 19 heavy (non-hydrogen) atoms. The van der Waals surface area contributed by atoms with Gasteiger partial charge in [-0.3, -0.25) is 0 Å². The number of para-hydroxylation sites is 1. The predicted molar refractivity (Wildman–Crippen MR) is 77.5 cm³/mol. The van der Waals surface area contributed by atoms with E-state index in [9.17, 15) is 8.78 Å². The zero-order valence-electron chi connectivity index (χ0n) is 9.80. The number of halogens is 4. The molecule has 0 heterocycles. The van der Waals surface area contributed by atoms with E-state index in [1.807, 2.05) is 0 Å². The van der Waals surface area contributed by atoms with Crippen molar-refractivity contribution in [2.45, 2.75) is 11.9 Å². The molecule has 0 saturated carbocycles. The van der Waals surface area contributed by atoms with Crippen molar-refractivity contribution in [3.63, 3.8) is 0 Å². The van der Waals surface area contributed by atoms with Crippen LogP contribution in [0.3, 0.4) is 0 Å². The Morgan fingerprint density at radius 2 is 1.89 bits per heavy atom. The SMILES string of the molecule is Fc1cc(Br)cc(COc2c(F)cccc2CBr)c1. The van der Waals surface area contributed by atoms with E-state index in [1.165, 1.54) is 18.2 Å². The van der Waals surface area contributed by atoms with Crippen molar-refractivity contribution >= 4 is 31.9 Å². The van der Waals surface area contributed by atoms with Gasteiger partial charge in [-0.2, -0.15) is 0 Å². The van der Waals surface area contributed by atoms with E-state index >= 15 is 0 Å². The molecular formula is C14H10Br2F2O. The Balaban J connectivity index is 2.18. The predicted octanol–water partition coefficient (Wildman–Crippen LogP) is 5.20. The highest BCUT2D eigenvalue weighted by molar-refractivity contribution is 9.10. The second kappa shape index (κ2) is 6.48. The van der Waals surface area contributed by atoms with Gasteiger partial charge in [0.15, 0.2) is 11.6 Å². The van der Waals surface area contributed by atoms with Crippen LogP contribution in [0.1, 0.15) is 11.1 Å². The van der Waals surface area contributed by atoms with Gasteiger partial charge in [-0.25, -0.2) is 8.78 Å². The summed E-state index contributed by atoms with van der Waals surface area (Å²) in [7, 11) is 0. The maximum absolute atomic E-state index is 13.7. The van der Waals surface area contributed by atoms with Crippen molar-refractivity contribution in [3.8, 4) is 5.75 Å². The summed E-state index contributed by atoms with van der Waals surface area (Å²) in [5.41, 5.74) is 1.35. The molecule has 0 unspecified atom stereocenters. The van der Waals surface area contributed by atoms with Crippen LogP contribution >= 0.6 is 31.9 Å². The van der Waals surface area contributed by atoms with Gasteiger partial charge in [0.25, 0.3) is 0 Å². The average molecular weight is 392 g/mol. The molecule has 0 amide bonds. The van der Waals surface area contributed by atoms with Crippen molar-refractivity contribution in [3.05, 3.63) is 63.6 Å². The Hall–Kier alpha value is -0.940. The molecule has 0 aliphatic heterocycles. The number of benzene rings is 2. The number of ether oxygens (including phenoxy) is 1. The normalized spacial score (nSPS) is 10.5. The lowest BCUT2D eigenvalue weighted by Gasteiger charge is -2.11. The van der Waals surface area contributed by atoms with E-state index in [4.69, 9.17) is 4.74 Å². The van der Waals surface area contributed by atoms with Gasteiger partial charge in [-0.15, -0.1) is 0 Å². The summed E-state index contributed by atoms with van der Waals surface area (Å²) >= 11 is 6.48. The smallest absolute Gasteiger partial charge is 0.165 e. The van der Waals surface area contributed by atoms with Gasteiger partial charge >= 0.3 is 0 Å². The van der Waals surface area contributed by atoms with Crippen LogP contribution in [0.5, 0.6) is 5.75 Å². The molecule has 2 aromatic rings. The molecule has 0 atom stereocenters. The van der Waals surface area contributed by atoms with Crippen molar-refractivity contribution in [2.75, 3.05) is 0 Å². The highest BCUT2D eigenvalue weighted by Gasteiger charge is 2.09. The van der Waals surface area contributed by atoms with Crippen LogP contribution in [-0.4, -0.2) is 0 Å². The van der Waals surface area contributed by atoms with Gasteiger partial charge in [0.1, 0.15) is 12.4 Å². The minimum absolute atomic E-state index is 0.108. The third-order valence-electron chi connectivity index (χ3n) is 2.50. The lowest BCUT2D eigenvalue weighted by atomic mass is 10.2. The van der Waals surface area contributed by atoms with Gasteiger partial charge in [0.2, 0.25) is 0 Å². The van der Waals surface area contributed by atoms with Crippen LogP contribution in [-0.2, 0) is 11.9 Å². The fourth-order valence-corrected chi connectivity index (χ4v) is 2.62. The van der Waals surface area contributed by atoms with E-state index in [0.717, 1.165) is 5.56 Å². The van der Waals surface area contributed by atoms with E-state index in [2.05, 4.69) is 31.9 Å². The number of rotatable bonds is 4. The summed E-state index contributed by atoms with van der Waals surface area (Å²) in [4.78, 5) is 0. The zero-order chi connectivity index (χ0) is 13.8. The highest BCUT2D eigenvalue weighted by Crippen LogP contribution is 2.26. The first-order valence-electron chi connectivity index (χ1n) is 5.51. The van der Waals surface area contributed by atoms with Crippen molar-refractivity contribution < 1.29 is 13.5 Å². The topological polar surface area (TPSA) is 9.23 Å². The van der Waals surface area contributed by atoms with Gasteiger partial charge in [-0.1, -0.05) is 44.0 Å². The van der Waals surface area contributed by atoms with E-state index in [-0.39, 0.29) is 18.2 Å². The summed E-state index contributed by atoms with van der Waals surface area (Å²) in [6.45, 7) is 0.108. The Morgan fingerprint density at radius 1 is 1.11 bits per heavy atom. The monoisotopic (exact) mass is 390 g/mol. The molecule has 5 heteroatoms. The molecule has 0 aliphatic carbocycles. The quantitative estimate of drug-likeness (QED) is 0.650. The highest BCUT2D eigenvalue weighted by atomic mass is 79.9. The fraction of sp³-hybridized carbons (Fsp3) is 0.143.